The zero-order valence-corrected chi connectivity index (χ0v) is 10.1. The molecule has 1 saturated heterocycles. The van der Waals surface area contributed by atoms with Gasteiger partial charge in [0.1, 0.15) is 5.82 Å². The van der Waals surface area contributed by atoms with Crippen molar-refractivity contribution in [2.24, 2.45) is 0 Å². The standard InChI is InChI=1S/C12H14BrFO/c13-9-12(5-7-15-8-6-12)10-1-3-11(14)4-2-10/h1-4H,5-9H2. The van der Waals surface area contributed by atoms with Gasteiger partial charge in [-0.3, -0.25) is 0 Å². The van der Waals surface area contributed by atoms with Crippen LogP contribution in [-0.4, -0.2) is 18.5 Å². The largest absolute Gasteiger partial charge is 0.381 e. The van der Waals surface area contributed by atoms with E-state index in [1.54, 1.807) is 0 Å². The summed E-state index contributed by atoms with van der Waals surface area (Å²) in [6.45, 7) is 1.59. The second-order valence-corrected chi connectivity index (χ2v) is 4.59. The molecule has 1 aromatic rings. The van der Waals surface area contributed by atoms with Crippen LogP contribution in [0, 0.1) is 5.82 Å². The maximum atomic E-state index is 12.8. The molecule has 0 N–H and O–H groups in total. The highest BCUT2D eigenvalue weighted by molar-refractivity contribution is 9.09. The van der Waals surface area contributed by atoms with Gasteiger partial charge < -0.3 is 4.74 Å². The molecule has 1 nitrogen and oxygen atoms in total. The van der Waals surface area contributed by atoms with Gasteiger partial charge in [0, 0.05) is 24.0 Å². The Balaban J connectivity index is 2.28. The average Bonchev–Trinajstić information content (AvgIpc) is 2.31. The van der Waals surface area contributed by atoms with Gasteiger partial charge in [0.05, 0.1) is 0 Å². The lowest BCUT2D eigenvalue weighted by Gasteiger charge is -2.36. The Kier molecular flexibility index (Phi) is 3.42. The van der Waals surface area contributed by atoms with Crippen LogP contribution in [0.25, 0.3) is 0 Å². The molecule has 1 fully saturated rings. The van der Waals surface area contributed by atoms with Crippen molar-refractivity contribution in [2.45, 2.75) is 18.3 Å². The Labute approximate surface area is 97.8 Å². The van der Waals surface area contributed by atoms with Crippen molar-refractivity contribution in [2.75, 3.05) is 18.5 Å². The minimum absolute atomic E-state index is 0.131. The number of alkyl halides is 1. The molecule has 0 aromatic heterocycles. The molecule has 0 amide bonds. The van der Waals surface area contributed by atoms with E-state index < -0.39 is 0 Å². The lowest BCUT2D eigenvalue weighted by molar-refractivity contribution is 0.0583. The van der Waals surface area contributed by atoms with Crippen molar-refractivity contribution in [1.29, 1.82) is 0 Å². The van der Waals surface area contributed by atoms with E-state index in [9.17, 15) is 4.39 Å². The number of rotatable bonds is 2. The molecular formula is C12H14BrFO. The van der Waals surface area contributed by atoms with Crippen molar-refractivity contribution in [3.63, 3.8) is 0 Å². The van der Waals surface area contributed by atoms with E-state index in [0.717, 1.165) is 31.4 Å². The summed E-state index contributed by atoms with van der Waals surface area (Å²) in [5, 5.41) is 0.912. The first-order chi connectivity index (χ1) is 7.27. The van der Waals surface area contributed by atoms with E-state index in [-0.39, 0.29) is 11.2 Å². The molecule has 0 aliphatic carbocycles. The molecule has 0 bridgehead atoms. The van der Waals surface area contributed by atoms with Crippen molar-refractivity contribution in [1.82, 2.24) is 0 Å². The fourth-order valence-electron chi connectivity index (χ4n) is 2.07. The van der Waals surface area contributed by atoms with Crippen LogP contribution in [0.5, 0.6) is 0 Å². The van der Waals surface area contributed by atoms with E-state index in [1.807, 2.05) is 12.1 Å². The topological polar surface area (TPSA) is 9.23 Å². The lowest BCUT2D eigenvalue weighted by Crippen LogP contribution is -2.35. The van der Waals surface area contributed by atoms with Crippen LogP contribution in [0.3, 0.4) is 0 Å². The van der Waals surface area contributed by atoms with Gasteiger partial charge in [-0.1, -0.05) is 28.1 Å². The molecule has 1 aromatic carbocycles. The molecule has 3 heteroatoms. The average molecular weight is 273 g/mol. The summed E-state index contributed by atoms with van der Waals surface area (Å²) in [6, 6.07) is 6.86. The molecule has 1 aliphatic heterocycles. The van der Waals surface area contributed by atoms with Gasteiger partial charge in [-0.25, -0.2) is 4.39 Å². The summed E-state index contributed by atoms with van der Waals surface area (Å²) < 4.78 is 18.2. The highest BCUT2D eigenvalue weighted by Gasteiger charge is 2.33. The second kappa shape index (κ2) is 4.62. The van der Waals surface area contributed by atoms with Crippen molar-refractivity contribution in [3.05, 3.63) is 35.6 Å². The smallest absolute Gasteiger partial charge is 0.123 e. The van der Waals surface area contributed by atoms with E-state index in [4.69, 9.17) is 4.74 Å². The quantitative estimate of drug-likeness (QED) is 0.751. The highest BCUT2D eigenvalue weighted by atomic mass is 79.9. The molecule has 0 spiro atoms. The van der Waals surface area contributed by atoms with Gasteiger partial charge in [-0.15, -0.1) is 0 Å². The Bertz CT molecular complexity index is 317. The zero-order valence-electron chi connectivity index (χ0n) is 8.51. The lowest BCUT2D eigenvalue weighted by atomic mass is 9.76. The van der Waals surface area contributed by atoms with Crippen LogP contribution in [0.4, 0.5) is 4.39 Å². The molecule has 2 rings (SSSR count). The Hall–Kier alpha value is -0.410. The number of hydrogen-bond donors (Lipinski definition) is 0. The summed E-state index contributed by atoms with van der Waals surface area (Å²) in [5.74, 6) is -0.171. The Morgan fingerprint density at radius 2 is 1.80 bits per heavy atom. The fourth-order valence-corrected chi connectivity index (χ4v) is 2.95. The molecule has 82 valence electrons. The van der Waals surface area contributed by atoms with Crippen LogP contribution >= 0.6 is 15.9 Å². The van der Waals surface area contributed by atoms with Gasteiger partial charge in [-0.05, 0) is 30.5 Å². The fraction of sp³-hybridized carbons (Fsp3) is 0.500. The summed E-state index contributed by atoms with van der Waals surface area (Å²) in [5.41, 5.74) is 1.34. The van der Waals surface area contributed by atoms with Crippen molar-refractivity contribution >= 4 is 15.9 Å². The SMILES string of the molecule is Fc1ccc(C2(CBr)CCOCC2)cc1. The van der Waals surface area contributed by atoms with Crippen LogP contribution < -0.4 is 0 Å². The van der Waals surface area contributed by atoms with Crippen LogP contribution in [0.15, 0.2) is 24.3 Å². The molecule has 0 atom stereocenters. The van der Waals surface area contributed by atoms with Crippen LogP contribution in [0.1, 0.15) is 18.4 Å². The van der Waals surface area contributed by atoms with Crippen molar-refractivity contribution in [3.8, 4) is 0 Å². The number of hydrogen-bond acceptors (Lipinski definition) is 1. The summed E-state index contributed by atoms with van der Waals surface area (Å²) in [4.78, 5) is 0. The minimum Gasteiger partial charge on any atom is -0.381 e. The zero-order chi connectivity index (χ0) is 10.7. The predicted octanol–water partition coefficient (Wildman–Crippen LogP) is 3.27. The molecule has 0 saturated carbocycles. The normalized spacial score (nSPS) is 20.1. The molecule has 1 aliphatic rings. The molecule has 0 radical (unpaired) electrons. The summed E-state index contributed by atoms with van der Waals surface area (Å²) >= 11 is 3.57. The minimum atomic E-state index is -0.171. The number of ether oxygens (including phenoxy) is 1. The van der Waals surface area contributed by atoms with Crippen LogP contribution in [0.2, 0.25) is 0 Å². The van der Waals surface area contributed by atoms with E-state index >= 15 is 0 Å². The Morgan fingerprint density at radius 1 is 1.20 bits per heavy atom. The van der Waals surface area contributed by atoms with Gasteiger partial charge in [0.2, 0.25) is 0 Å². The number of benzene rings is 1. The van der Waals surface area contributed by atoms with E-state index in [0.29, 0.717) is 0 Å². The van der Waals surface area contributed by atoms with Gasteiger partial charge >= 0.3 is 0 Å². The summed E-state index contributed by atoms with van der Waals surface area (Å²) in [7, 11) is 0. The molecular weight excluding hydrogens is 259 g/mol. The van der Waals surface area contributed by atoms with Crippen LogP contribution in [-0.2, 0) is 10.2 Å². The third kappa shape index (κ3) is 2.23. The van der Waals surface area contributed by atoms with Gasteiger partial charge in [0.25, 0.3) is 0 Å². The van der Waals surface area contributed by atoms with E-state index in [2.05, 4.69) is 15.9 Å². The molecule has 1 heterocycles. The first-order valence-electron chi connectivity index (χ1n) is 5.17. The third-order valence-electron chi connectivity index (χ3n) is 3.16. The van der Waals surface area contributed by atoms with Crippen molar-refractivity contribution < 1.29 is 9.13 Å². The maximum Gasteiger partial charge on any atom is 0.123 e. The summed E-state index contributed by atoms with van der Waals surface area (Å²) in [6.07, 6.45) is 2.01. The number of halogens is 2. The molecule has 0 unspecified atom stereocenters. The monoisotopic (exact) mass is 272 g/mol. The molecule has 15 heavy (non-hydrogen) atoms. The third-order valence-corrected chi connectivity index (χ3v) is 4.24. The first kappa shape index (κ1) is 11.1. The second-order valence-electron chi connectivity index (χ2n) is 4.03. The predicted molar refractivity (Wildman–Crippen MR) is 61.9 cm³/mol. The van der Waals surface area contributed by atoms with Gasteiger partial charge in [-0.2, -0.15) is 0 Å². The maximum absolute atomic E-state index is 12.8. The van der Waals surface area contributed by atoms with E-state index in [1.165, 1.54) is 17.7 Å². The Morgan fingerprint density at radius 3 is 2.33 bits per heavy atom. The first-order valence-corrected chi connectivity index (χ1v) is 6.29. The highest BCUT2D eigenvalue weighted by Crippen LogP contribution is 2.36. The van der Waals surface area contributed by atoms with Gasteiger partial charge in [0.15, 0.2) is 0 Å².